The summed E-state index contributed by atoms with van der Waals surface area (Å²) in [7, 11) is 0. The lowest BCUT2D eigenvalue weighted by molar-refractivity contribution is -0.141. The standard InChI is InChI=1S/C24H22ClF3N8O/c25-15-1-2-16-18(19(15)29)14-4-6-36(23-30-5-3-17(34-23)24(26,27)28)21(20(14)33-16)13-11-31-22(32-12-13)35-7-9-37-10-8-35/h1-3,5,11-12,21,33H,4,6-10,29H2. The van der Waals surface area contributed by atoms with Crippen LogP contribution in [0.25, 0.3) is 10.9 Å². The zero-order valence-corrected chi connectivity index (χ0v) is 20.2. The maximum atomic E-state index is 13.5. The lowest BCUT2D eigenvalue weighted by atomic mass is 9.93. The summed E-state index contributed by atoms with van der Waals surface area (Å²) in [4.78, 5) is 24.4. The zero-order chi connectivity index (χ0) is 25.7. The number of rotatable bonds is 3. The molecule has 1 atom stereocenters. The van der Waals surface area contributed by atoms with E-state index >= 15 is 0 Å². The maximum Gasteiger partial charge on any atom is 0.433 e. The van der Waals surface area contributed by atoms with E-state index in [4.69, 9.17) is 22.1 Å². The van der Waals surface area contributed by atoms with Crippen molar-refractivity contribution >= 4 is 40.1 Å². The number of benzene rings is 1. The number of nitrogens with zero attached hydrogens (tertiary/aromatic N) is 6. The molecule has 37 heavy (non-hydrogen) atoms. The first-order valence-corrected chi connectivity index (χ1v) is 12.1. The highest BCUT2D eigenvalue weighted by Gasteiger charge is 2.37. The van der Waals surface area contributed by atoms with E-state index in [1.807, 2.05) is 11.0 Å². The van der Waals surface area contributed by atoms with Crippen LogP contribution in [0.15, 0.2) is 36.8 Å². The van der Waals surface area contributed by atoms with Gasteiger partial charge < -0.3 is 25.3 Å². The third-order valence-corrected chi connectivity index (χ3v) is 7.06. The number of aromatic nitrogens is 5. The normalized spacial score (nSPS) is 18.3. The molecule has 1 unspecified atom stereocenters. The molecule has 9 nitrogen and oxygen atoms in total. The van der Waals surface area contributed by atoms with Crippen molar-refractivity contribution in [3.8, 4) is 0 Å². The van der Waals surface area contributed by atoms with E-state index < -0.39 is 17.9 Å². The predicted molar refractivity (Wildman–Crippen MR) is 133 cm³/mol. The lowest BCUT2D eigenvalue weighted by Gasteiger charge is -2.36. The molecular formula is C24H22ClF3N8O. The molecular weight excluding hydrogens is 509 g/mol. The van der Waals surface area contributed by atoms with Gasteiger partial charge in [0.15, 0.2) is 0 Å². The van der Waals surface area contributed by atoms with Crippen LogP contribution in [0.4, 0.5) is 30.8 Å². The molecule has 2 aliphatic heterocycles. The number of fused-ring (bicyclic) bond motifs is 3. The Bertz CT molecular complexity index is 1450. The largest absolute Gasteiger partial charge is 0.433 e. The fourth-order valence-electron chi connectivity index (χ4n) is 4.99. The first-order chi connectivity index (χ1) is 17.8. The van der Waals surface area contributed by atoms with Crippen molar-refractivity contribution in [3.63, 3.8) is 0 Å². The molecule has 3 aromatic heterocycles. The molecule has 0 amide bonds. The lowest BCUT2D eigenvalue weighted by Crippen LogP contribution is -2.39. The van der Waals surface area contributed by atoms with E-state index in [1.165, 1.54) is 0 Å². The Kier molecular flexibility index (Phi) is 5.80. The summed E-state index contributed by atoms with van der Waals surface area (Å²) in [6.45, 7) is 2.90. The SMILES string of the molecule is Nc1c(Cl)ccc2[nH]c3c(c12)CCN(c1nccc(C(F)(F)F)n1)C3c1cnc(N2CCOCC2)nc1. The van der Waals surface area contributed by atoms with Gasteiger partial charge in [-0.25, -0.2) is 19.9 Å². The molecule has 0 radical (unpaired) electrons. The summed E-state index contributed by atoms with van der Waals surface area (Å²) >= 11 is 6.31. The maximum absolute atomic E-state index is 13.5. The second-order valence-corrected chi connectivity index (χ2v) is 9.31. The van der Waals surface area contributed by atoms with Crippen LogP contribution in [-0.4, -0.2) is 57.8 Å². The van der Waals surface area contributed by atoms with Gasteiger partial charge in [-0.3, -0.25) is 0 Å². The topological polar surface area (TPSA) is 109 Å². The number of alkyl halides is 3. The van der Waals surface area contributed by atoms with E-state index in [0.29, 0.717) is 61.5 Å². The Morgan fingerprint density at radius 2 is 1.78 bits per heavy atom. The number of hydrogen-bond acceptors (Lipinski definition) is 8. The number of H-pyrrole nitrogens is 1. The Morgan fingerprint density at radius 3 is 2.51 bits per heavy atom. The van der Waals surface area contributed by atoms with E-state index in [-0.39, 0.29) is 5.95 Å². The van der Waals surface area contributed by atoms with Crippen LogP contribution in [0.1, 0.15) is 28.6 Å². The second kappa shape index (κ2) is 9.03. The number of halogens is 4. The average Bonchev–Trinajstić information content (AvgIpc) is 3.30. The van der Waals surface area contributed by atoms with Crippen molar-refractivity contribution in [3.05, 3.63) is 64.3 Å². The fourth-order valence-corrected chi connectivity index (χ4v) is 5.15. The molecule has 13 heteroatoms. The molecule has 0 aliphatic carbocycles. The second-order valence-electron chi connectivity index (χ2n) is 8.90. The van der Waals surface area contributed by atoms with E-state index in [1.54, 1.807) is 23.4 Å². The molecule has 0 saturated carbocycles. The quantitative estimate of drug-likeness (QED) is 0.383. The summed E-state index contributed by atoms with van der Waals surface area (Å²) in [6, 6.07) is 3.84. The summed E-state index contributed by atoms with van der Waals surface area (Å²) < 4.78 is 45.8. The number of nitrogen functional groups attached to an aromatic ring is 1. The van der Waals surface area contributed by atoms with Crippen molar-refractivity contribution < 1.29 is 17.9 Å². The predicted octanol–water partition coefficient (Wildman–Crippen LogP) is 3.99. The number of anilines is 3. The minimum absolute atomic E-state index is 0.0348. The summed E-state index contributed by atoms with van der Waals surface area (Å²) in [5, 5.41) is 1.25. The van der Waals surface area contributed by atoms with Gasteiger partial charge in [0.2, 0.25) is 11.9 Å². The highest BCUT2D eigenvalue weighted by atomic mass is 35.5. The summed E-state index contributed by atoms with van der Waals surface area (Å²) in [5.41, 5.74) is 8.95. The van der Waals surface area contributed by atoms with Gasteiger partial charge in [-0.15, -0.1) is 0 Å². The van der Waals surface area contributed by atoms with Gasteiger partial charge >= 0.3 is 6.18 Å². The number of hydrogen-bond donors (Lipinski definition) is 2. The molecule has 2 aliphatic rings. The first kappa shape index (κ1) is 23.7. The van der Waals surface area contributed by atoms with Crippen molar-refractivity contribution in [1.29, 1.82) is 0 Å². The number of nitrogens with two attached hydrogens (primary N) is 1. The molecule has 0 spiro atoms. The van der Waals surface area contributed by atoms with Gasteiger partial charge in [-0.05, 0) is 30.2 Å². The molecule has 6 rings (SSSR count). The highest BCUT2D eigenvalue weighted by molar-refractivity contribution is 6.34. The van der Waals surface area contributed by atoms with Crippen molar-refractivity contribution in [2.24, 2.45) is 0 Å². The Balaban J connectivity index is 1.48. The average molecular weight is 531 g/mol. The third-order valence-electron chi connectivity index (χ3n) is 6.73. The minimum Gasteiger partial charge on any atom is -0.397 e. The van der Waals surface area contributed by atoms with Crippen molar-refractivity contribution in [2.45, 2.75) is 18.6 Å². The third kappa shape index (κ3) is 4.19. The molecule has 1 saturated heterocycles. The van der Waals surface area contributed by atoms with Gasteiger partial charge in [-0.2, -0.15) is 13.2 Å². The molecule has 192 valence electrons. The van der Waals surface area contributed by atoms with E-state index in [9.17, 15) is 13.2 Å². The van der Waals surface area contributed by atoms with Crippen LogP contribution in [0.2, 0.25) is 5.02 Å². The van der Waals surface area contributed by atoms with Gasteiger partial charge in [0, 0.05) is 60.4 Å². The van der Waals surface area contributed by atoms with Crippen LogP contribution in [0.3, 0.4) is 0 Å². The van der Waals surface area contributed by atoms with Crippen LogP contribution < -0.4 is 15.5 Å². The molecule has 0 bridgehead atoms. The number of morpholine rings is 1. The molecule has 5 heterocycles. The Hall–Kier alpha value is -3.64. The fraction of sp³-hybridized carbons (Fsp3) is 0.333. The zero-order valence-electron chi connectivity index (χ0n) is 19.5. The summed E-state index contributed by atoms with van der Waals surface area (Å²) in [5.74, 6) is 0.532. The molecule has 1 aromatic carbocycles. The Labute approximate surface area is 214 Å². The van der Waals surface area contributed by atoms with Crippen LogP contribution >= 0.6 is 11.6 Å². The van der Waals surface area contributed by atoms with Gasteiger partial charge in [-0.1, -0.05) is 11.6 Å². The van der Waals surface area contributed by atoms with Crippen molar-refractivity contribution in [1.82, 2.24) is 24.9 Å². The van der Waals surface area contributed by atoms with E-state index in [2.05, 4.69) is 24.9 Å². The van der Waals surface area contributed by atoms with Crippen molar-refractivity contribution in [2.75, 3.05) is 48.4 Å². The van der Waals surface area contributed by atoms with Gasteiger partial charge in [0.05, 0.1) is 23.9 Å². The van der Waals surface area contributed by atoms with E-state index in [0.717, 1.165) is 34.4 Å². The number of nitrogens with one attached hydrogen (secondary N) is 1. The minimum atomic E-state index is -4.59. The summed E-state index contributed by atoms with van der Waals surface area (Å²) in [6.07, 6.45) is 0.421. The Morgan fingerprint density at radius 1 is 1.03 bits per heavy atom. The van der Waals surface area contributed by atoms with Crippen LogP contribution in [0, 0.1) is 0 Å². The molecule has 3 N–H and O–H groups in total. The van der Waals surface area contributed by atoms with Crippen LogP contribution in [-0.2, 0) is 17.3 Å². The molecule has 1 fully saturated rings. The van der Waals surface area contributed by atoms with Crippen LogP contribution in [0.5, 0.6) is 0 Å². The smallest absolute Gasteiger partial charge is 0.397 e. The molecule has 4 aromatic rings. The highest BCUT2D eigenvalue weighted by Crippen LogP contribution is 2.43. The number of aromatic amines is 1. The monoisotopic (exact) mass is 530 g/mol. The first-order valence-electron chi connectivity index (χ1n) is 11.7. The van der Waals surface area contributed by atoms with Gasteiger partial charge in [0.1, 0.15) is 11.7 Å². The van der Waals surface area contributed by atoms with Gasteiger partial charge in [0.25, 0.3) is 0 Å². The number of ether oxygens (including phenoxy) is 1.